The van der Waals surface area contributed by atoms with Gasteiger partial charge < -0.3 is 10.1 Å². The van der Waals surface area contributed by atoms with Crippen molar-refractivity contribution in [2.24, 2.45) is 0 Å². The Morgan fingerprint density at radius 1 is 1.34 bits per heavy atom. The summed E-state index contributed by atoms with van der Waals surface area (Å²) in [7, 11) is 0. The van der Waals surface area contributed by atoms with E-state index in [1.165, 1.54) is 11.6 Å². The van der Waals surface area contributed by atoms with Crippen molar-refractivity contribution in [3.63, 3.8) is 0 Å². The van der Waals surface area contributed by atoms with Crippen LogP contribution in [0.4, 0.5) is 5.69 Å². The minimum Gasteiger partial charge on any atom is -0.379 e. The number of hydrogen-bond acceptors (Lipinski definition) is 4. The van der Waals surface area contributed by atoms with Crippen LogP contribution in [0, 0.1) is 6.92 Å². The molecule has 1 aliphatic heterocycles. The number of morpholine rings is 1. The van der Waals surface area contributed by atoms with Crippen LogP contribution < -0.4 is 5.32 Å². The number of aromatic nitrogens is 2. The maximum atomic E-state index is 12.4. The predicted molar refractivity (Wildman–Crippen MR) is 117 cm³/mol. The van der Waals surface area contributed by atoms with E-state index in [1.54, 1.807) is 10.8 Å². The first-order chi connectivity index (χ1) is 14.1. The molecule has 0 bridgehead atoms. The highest BCUT2D eigenvalue weighted by Crippen LogP contribution is 2.22. The average Bonchev–Trinajstić information content (AvgIpc) is 2.98. The number of unbranched alkanes of at least 4 members (excludes halogenated alkanes) is 1. The highest BCUT2D eigenvalue weighted by molar-refractivity contribution is 6.31. The molecule has 29 heavy (non-hydrogen) atoms. The molecule has 1 fully saturated rings. The summed E-state index contributed by atoms with van der Waals surface area (Å²) >= 11 is 6.43. The highest BCUT2D eigenvalue weighted by Gasteiger charge is 2.12. The molecule has 1 N–H and O–H groups in total. The normalized spacial score (nSPS) is 15.1. The van der Waals surface area contributed by atoms with Crippen molar-refractivity contribution in [3.05, 3.63) is 52.3 Å². The van der Waals surface area contributed by atoms with Gasteiger partial charge in [-0.1, -0.05) is 37.1 Å². The quantitative estimate of drug-likeness (QED) is 0.657. The van der Waals surface area contributed by atoms with Gasteiger partial charge in [-0.25, -0.2) is 0 Å². The molecule has 2 aromatic rings. The van der Waals surface area contributed by atoms with E-state index in [9.17, 15) is 4.79 Å². The number of amides is 1. The standard InChI is InChI=1S/C22H29ClN4O2/c1-3-4-10-27-22(23)20(17(2)25-27)8-9-21(28)24-19-7-5-6-18(15-19)16-26-11-13-29-14-12-26/h5-9,15H,3-4,10-14,16H2,1-2H3,(H,24,28)/b9-8+. The van der Waals surface area contributed by atoms with Gasteiger partial charge in [0, 0.05) is 43.5 Å². The third-order valence-corrected chi connectivity index (χ3v) is 5.34. The molecule has 0 unspecified atom stereocenters. The lowest BCUT2D eigenvalue weighted by molar-refractivity contribution is -0.111. The number of aryl methyl sites for hydroxylation is 2. The Morgan fingerprint density at radius 3 is 2.90 bits per heavy atom. The molecule has 1 saturated heterocycles. The smallest absolute Gasteiger partial charge is 0.248 e. The number of ether oxygens (including phenoxy) is 1. The Bertz CT molecular complexity index is 856. The highest BCUT2D eigenvalue weighted by atomic mass is 35.5. The molecule has 0 spiro atoms. The van der Waals surface area contributed by atoms with Gasteiger partial charge in [0.1, 0.15) is 5.15 Å². The third kappa shape index (κ3) is 6.16. The van der Waals surface area contributed by atoms with Gasteiger partial charge >= 0.3 is 0 Å². The van der Waals surface area contributed by atoms with Crippen molar-refractivity contribution >= 4 is 29.3 Å². The van der Waals surface area contributed by atoms with E-state index in [-0.39, 0.29) is 5.91 Å². The van der Waals surface area contributed by atoms with Crippen molar-refractivity contribution in [2.45, 2.75) is 39.8 Å². The zero-order chi connectivity index (χ0) is 20.6. The lowest BCUT2D eigenvalue weighted by atomic mass is 10.1. The summed E-state index contributed by atoms with van der Waals surface area (Å²) < 4.78 is 7.19. The zero-order valence-electron chi connectivity index (χ0n) is 17.2. The largest absolute Gasteiger partial charge is 0.379 e. The third-order valence-electron chi connectivity index (χ3n) is 4.94. The van der Waals surface area contributed by atoms with Crippen LogP contribution in [0.2, 0.25) is 5.15 Å². The summed E-state index contributed by atoms with van der Waals surface area (Å²) in [5.41, 5.74) is 3.57. The predicted octanol–water partition coefficient (Wildman–Crippen LogP) is 4.13. The zero-order valence-corrected chi connectivity index (χ0v) is 17.9. The second-order valence-electron chi connectivity index (χ2n) is 7.28. The molecule has 0 radical (unpaired) electrons. The summed E-state index contributed by atoms with van der Waals surface area (Å²) in [6.45, 7) is 9.10. The van der Waals surface area contributed by atoms with Crippen LogP contribution in [0.3, 0.4) is 0 Å². The van der Waals surface area contributed by atoms with Crippen LogP contribution in [0.1, 0.15) is 36.6 Å². The van der Waals surface area contributed by atoms with E-state index in [0.717, 1.165) is 69.2 Å². The van der Waals surface area contributed by atoms with E-state index in [2.05, 4.69) is 28.3 Å². The molecule has 2 heterocycles. The Hall–Kier alpha value is -2.15. The van der Waals surface area contributed by atoms with E-state index < -0.39 is 0 Å². The average molecular weight is 417 g/mol. The fourth-order valence-corrected chi connectivity index (χ4v) is 3.64. The molecule has 7 heteroatoms. The SMILES string of the molecule is CCCCn1nc(C)c(/C=C/C(=O)Nc2cccc(CN3CCOCC3)c2)c1Cl. The number of carbonyl (C=O) groups excluding carboxylic acids is 1. The van der Waals surface area contributed by atoms with Gasteiger partial charge in [-0.05, 0) is 37.1 Å². The van der Waals surface area contributed by atoms with Crippen molar-refractivity contribution in [2.75, 3.05) is 31.6 Å². The van der Waals surface area contributed by atoms with Gasteiger partial charge in [0.15, 0.2) is 0 Å². The molecular formula is C22H29ClN4O2. The van der Waals surface area contributed by atoms with Gasteiger partial charge in [0.25, 0.3) is 0 Å². The second-order valence-corrected chi connectivity index (χ2v) is 7.64. The molecule has 0 saturated carbocycles. The van der Waals surface area contributed by atoms with Crippen LogP contribution in [0.25, 0.3) is 6.08 Å². The van der Waals surface area contributed by atoms with Crippen LogP contribution >= 0.6 is 11.6 Å². The summed E-state index contributed by atoms with van der Waals surface area (Å²) in [6.07, 6.45) is 5.34. The molecule has 6 nitrogen and oxygen atoms in total. The molecule has 0 aliphatic carbocycles. The Kier molecular flexibility index (Phi) is 7.86. The summed E-state index contributed by atoms with van der Waals surface area (Å²) in [6, 6.07) is 7.96. The van der Waals surface area contributed by atoms with Gasteiger partial charge in [0.05, 0.1) is 18.9 Å². The van der Waals surface area contributed by atoms with E-state index >= 15 is 0 Å². The molecule has 3 rings (SSSR count). The first-order valence-electron chi connectivity index (χ1n) is 10.2. The van der Waals surface area contributed by atoms with Crippen LogP contribution in [-0.2, 0) is 22.6 Å². The van der Waals surface area contributed by atoms with E-state index in [1.807, 2.05) is 25.1 Å². The number of nitrogens with one attached hydrogen (secondary N) is 1. The number of hydrogen-bond donors (Lipinski definition) is 1. The van der Waals surface area contributed by atoms with Gasteiger partial charge in [-0.3, -0.25) is 14.4 Å². The second kappa shape index (κ2) is 10.6. The number of rotatable bonds is 8. The Balaban J connectivity index is 1.60. The molecule has 0 atom stereocenters. The maximum Gasteiger partial charge on any atom is 0.248 e. The first-order valence-corrected chi connectivity index (χ1v) is 10.6. The molecule has 156 valence electrons. The molecule has 1 amide bonds. The van der Waals surface area contributed by atoms with Crippen LogP contribution in [-0.4, -0.2) is 46.9 Å². The van der Waals surface area contributed by atoms with Crippen LogP contribution in [0.5, 0.6) is 0 Å². The molecule has 1 aromatic carbocycles. The van der Waals surface area contributed by atoms with Crippen molar-refractivity contribution in [1.82, 2.24) is 14.7 Å². The monoisotopic (exact) mass is 416 g/mol. The first kappa shape index (κ1) is 21.6. The van der Waals surface area contributed by atoms with Gasteiger partial charge in [-0.15, -0.1) is 0 Å². The minimum atomic E-state index is -0.190. The summed E-state index contributed by atoms with van der Waals surface area (Å²) in [4.78, 5) is 14.7. The van der Waals surface area contributed by atoms with Gasteiger partial charge in [0.2, 0.25) is 5.91 Å². The molecule has 1 aromatic heterocycles. The number of anilines is 1. The van der Waals surface area contributed by atoms with Gasteiger partial charge in [-0.2, -0.15) is 5.10 Å². The molecular weight excluding hydrogens is 388 g/mol. The molecule has 1 aliphatic rings. The van der Waals surface area contributed by atoms with Crippen LogP contribution in [0.15, 0.2) is 30.3 Å². The van der Waals surface area contributed by atoms with E-state index in [4.69, 9.17) is 16.3 Å². The number of carbonyl (C=O) groups is 1. The lowest BCUT2D eigenvalue weighted by Crippen LogP contribution is -2.35. The summed E-state index contributed by atoms with van der Waals surface area (Å²) in [5, 5.41) is 7.97. The fourth-order valence-electron chi connectivity index (χ4n) is 3.32. The van der Waals surface area contributed by atoms with E-state index in [0.29, 0.717) is 5.15 Å². The van der Waals surface area contributed by atoms with Crippen molar-refractivity contribution in [3.8, 4) is 0 Å². The number of halogens is 1. The topological polar surface area (TPSA) is 59.4 Å². The lowest BCUT2D eigenvalue weighted by Gasteiger charge is -2.26. The summed E-state index contributed by atoms with van der Waals surface area (Å²) in [5.74, 6) is -0.190. The number of benzene rings is 1. The number of nitrogens with zero attached hydrogens (tertiary/aromatic N) is 3. The minimum absolute atomic E-state index is 0.190. The fraction of sp³-hybridized carbons (Fsp3) is 0.455. The Labute approximate surface area is 177 Å². The van der Waals surface area contributed by atoms with Crippen molar-refractivity contribution in [1.29, 1.82) is 0 Å². The van der Waals surface area contributed by atoms with Crippen molar-refractivity contribution < 1.29 is 9.53 Å². The Morgan fingerprint density at radius 2 is 2.14 bits per heavy atom. The maximum absolute atomic E-state index is 12.4.